The van der Waals surface area contributed by atoms with Crippen molar-refractivity contribution in [2.45, 2.75) is 76.7 Å². The molecule has 0 bridgehead atoms. The highest BCUT2D eigenvalue weighted by molar-refractivity contribution is 5.26. The minimum absolute atomic E-state index is 0.0204. The van der Waals surface area contributed by atoms with E-state index in [9.17, 15) is 10.2 Å². The third kappa shape index (κ3) is 7.11. The maximum Gasteiger partial charge on any atom is 0.157 e. The molecule has 1 fully saturated rings. The van der Waals surface area contributed by atoms with E-state index < -0.39 is 22.9 Å². The van der Waals surface area contributed by atoms with Crippen molar-refractivity contribution in [1.29, 1.82) is 0 Å². The molecule has 0 saturated heterocycles. The molecule has 1 aliphatic rings. The Balaban J connectivity index is 1.76. The van der Waals surface area contributed by atoms with E-state index in [1.807, 2.05) is 74.5 Å². The van der Waals surface area contributed by atoms with Gasteiger partial charge in [-0.15, -0.1) is 0 Å². The summed E-state index contributed by atoms with van der Waals surface area (Å²) in [5, 5.41) is 23.6. The highest BCUT2D eigenvalue weighted by atomic mass is 16.7. The molecule has 7 heteroatoms. The van der Waals surface area contributed by atoms with E-state index in [-0.39, 0.29) is 19.5 Å². The summed E-state index contributed by atoms with van der Waals surface area (Å²) in [6, 6.07) is 19.5. The lowest BCUT2D eigenvalue weighted by molar-refractivity contribution is -0.326. The molecule has 0 aromatic heterocycles. The lowest BCUT2D eigenvalue weighted by Gasteiger charge is -2.57. The van der Waals surface area contributed by atoms with E-state index in [0.29, 0.717) is 32.7 Å². The third-order valence-corrected chi connectivity index (χ3v) is 7.08. The molecule has 2 aromatic rings. The Labute approximate surface area is 220 Å². The van der Waals surface area contributed by atoms with E-state index in [1.54, 1.807) is 6.92 Å². The Hall–Kier alpha value is -2.44. The molecule has 37 heavy (non-hydrogen) atoms. The fourth-order valence-corrected chi connectivity index (χ4v) is 5.08. The third-order valence-electron chi connectivity index (χ3n) is 7.08. The number of benzene rings is 2. The molecule has 1 saturated carbocycles. The van der Waals surface area contributed by atoms with Crippen molar-refractivity contribution in [3.8, 4) is 12.0 Å². The van der Waals surface area contributed by atoms with Crippen LogP contribution in [0.2, 0.25) is 0 Å². The topological polar surface area (TPSA) is 86.6 Å². The molecule has 3 rings (SSSR count). The number of ether oxygens (including phenoxy) is 5. The molecule has 1 aliphatic carbocycles. The summed E-state index contributed by atoms with van der Waals surface area (Å²) in [6.07, 6.45) is 2.83. The van der Waals surface area contributed by atoms with Crippen molar-refractivity contribution in [3.63, 3.8) is 0 Å². The standard InChI is InChI=1S/C30H40O7/c1-5-33-19-18-28(3,31)30(37-23-35-21-26-14-10-7-11-15-26)17-16-24(2)27(29(30,4)32)36-22-34-20-25-12-8-6-9-13-25/h6-15,24,27,31-32H,5,16-17,20-23H2,1-4H3. The second kappa shape index (κ2) is 13.4. The van der Waals surface area contributed by atoms with E-state index >= 15 is 0 Å². The zero-order valence-corrected chi connectivity index (χ0v) is 22.3. The first-order valence-electron chi connectivity index (χ1n) is 12.8. The zero-order chi connectivity index (χ0) is 26.8. The lowest BCUT2D eigenvalue weighted by atomic mass is 9.60. The van der Waals surface area contributed by atoms with Gasteiger partial charge in [0, 0.05) is 0 Å². The predicted octanol–water partition coefficient (Wildman–Crippen LogP) is 4.40. The number of hydrogen-bond donors (Lipinski definition) is 2. The summed E-state index contributed by atoms with van der Waals surface area (Å²) in [7, 11) is 0. The van der Waals surface area contributed by atoms with Gasteiger partial charge in [-0.05, 0) is 56.6 Å². The Kier molecular flexibility index (Phi) is 10.5. The van der Waals surface area contributed by atoms with Gasteiger partial charge < -0.3 is 33.9 Å². The van der Waals surface area contributed by atoms with Gasteiger partial charge >= 0.3 is 0 Å². The van der Waals surface area contributed by atoms with Gasteiger partial charge in [0.05, 0.1) is 25.9 Å². The summed E-state index contributed by atoms with van der Waals surface area (Å²) < 4.78 is 29.1. The smallest absolute Gasteiger partial charge is 0.157 e. The average molecular weight is 513 g/mol. The van der Waals surface area contributed by atoms with Crippen molar-refractivity contribution < 1.29 is 33.9 Å². The monoisotopic (exact) mass is 512 g/mol. The fourth-order valence-electron chi connectivity index (χ4n) is 5.08. The minimum atomic E-state index is -1.77. The number of aliphatic hydroxyl groups is 2. The molecule has 202 valence electrons. The second-order valence-electron chi connectivity index (χ2n) is 9.86. The summed E-state index contributed by atoms with van der Waals surface area (Å²) >= 11 is 0. The first-order valence-corrected chi connectivity index (χ1v) is 12.8. The van der Waals surface area contributed by atoms with Crippen molar-refractivity contribution in [3.05, 3.63) is 71.8 Å². The van der Waals surface area contributed by atoms with Gasteiger partial charge in [0.15, 0.2) is 5.60 Å². The SMILES string of the molecule is CCOC#CC(C)(O)C1(OCOCc2ccccc2)CCC(C)C(OCOCc2ccccc2)C1(C)O. The van der Waals surface area contributed by atoms with Crippen LogP contribution in [0.4, 0.5) is 0 Å². The average Bonchev–Trinajstić information content (AvgIpc) is 2.88. The lowest BCUT2D eigenvalue weighted by Crippen LogP contribution is -2.74. The molecule has 0 heterocycles. The van der Waals surface area contributed by atoms with Gasteiger partial charge in [-0.1, -0.05) is 67.6 Å². The summed E-state index contributed by atoms with van der Waals surface area (Å²) in [5.74, 6) is 2.74. The van der Waals surface area contributed by atoms with Gasteiger partial charge in [-0.2, -0.15) is 0 Å². The molecule has 2 N–H and O–H groups in total. The van der Waals surface area contributed by atoms with Gasteiger partial charge in [0.2, 0.25) is 0 Å². The molecule has 0 amide bonds. The Morgan fingerprint density at radius 2 is 1.54 bits per heavy atom. The number of rotatable bonds is 12. The van der Waals surface area contributed by atoms with Crippen LogP contribution in [0.5, 0.6) is 0 Å². The van der Waals surface area contributed by atoms with Crippen LogP contribution in [0.25, 0.3) is 0 Å². The molecule has 5 atom stereocenters. The van der Waals surface area contributed by atoms with Crippen LogP contribution in [0.1, 0.15) is 51.7 Å². The van der Waals surface area contributed by atoms with Gasteiger partial charge in [0.25, 0.3) is 0 Å². The maximum atomic E-state index is 12.0. The normalized spacial score (nSPS) is 27.1. The van der Waals surface area contributed by atoms with Gasteiger partial charge in [-0.3, -0.25) is 0 Å². The van der Waals surface area contributed by atoms with Gasteiger partial charge in [-0.25, -0.2) is 0 Å². The van der Waals surface area contributed by atoms with Crippen LogP contribution < -0.4 is 0 Å². The molecule has 7 nitrogen and oxygen atoms in total. The molecular weight excluding hydrogens is 472 g/mol. The summed E-state index contributed by atoms with van der Waals surface area (Å²) in [5.41, 5.74) is -2.91. The van der Waals surface area contributed by atoms with Crippen LogP contribution in [0.3, 0.4) is 0 Å². The van der Waals surface area contributed by atoms with Crippen molar-refractivity contribution in [1.82, 2.24) is 0 Å². The van der Waals surface area contributed by atoms with E-state index in [1.165, 1.54) is 6.92 Å². The van der Waals surface area contributed by atoms with Crippen LogP contribution in [-0.4, -0.2) is 53.3 Å². The predicted molar refractivity (Wildman–Crippen MR) is 140 cm³/mol. The maximum absolute atomic E-state index is 12.0. The second-order valence-corrected chi connectivity index (χ2v) is 9.86. The highest BCUT2D eigenvalue weighted by Crippen LogP contribution is 2.49. The zero-order valence-electron chi connectivity index (χ0n) is 22.3. The Morgan fingerprint density at radius 3 is 2.11 bits per heavy atom. The van der Waals surface area contributed by atoms with Crippen LogP contribution >= 0.6 is 0 Å². The minimum Gasteiger partial charge on any atom is -0.447 e. The van der Waals surface area contributed by atoms with E-state index in [2.05, 4.69) is 12.0 Å². The van der Waals surface area contributed by atoms with Crippen LogP contribution in [-0.2, 0) is 36.9 Å². The van der Waals surface area contributed by atoms with Gasteiger partial charge in [0.1, 0.15) is 30.9 Å². The highest BCUT2D eigenvalue weighted by Gasteiger charge is 2.66. The molecular formula is C30H40O7. The molecule has 0 aliphatic heterocycles. The van der Waals surface area contributed by atoms with Crippen LogP contribution in [0.15, 0.2) is 60.7 Å². The van der Waals surface area contributed by atoms with Crippen molar-refractivity contribution >= 4 is 0 Å². The first kappa shape index (κ1) is 29.1. The number of hydrogen-bond acceptors (Lipinski definition) is 7. The Bertz CT molecular complexity index is 997. The van der Waals surface area contributed by atoms with Crippen molar-refractivity contribution in [2.24, 2.45) is 5.92 Å². The molecule has 2 aromatic carbocycles. The van der Waals surface area contributed by atoms with E-state index in [0.717, 1.165) is 11.1 Å². The summed E-state index contributed by atoms with van der Waals surface area (Å²) in [4.78, 5) is 0. The fraction of sp³-hybridized carbons (Fsp3) is 0.533. The molecule has 0 radical (unpaired) electrons. The largest absolute Gasteiger partial charge is 0.447 e. The first-order chi connectivity index (χ1) is 17.7. The Morgan fingerprint density at radius 1 is 0.973 bits per heavy atom. The van der Waals surface area contributed by atoms with Crippen molar-refractivity contribution in [2.75, 3.05) is 20.2 Å². The molecule has 5 unspecified atom stereocenters. The molecule has 0 spiro atoms. The van der Waals surface area contributed by atoms with Crippen LogP contribution in [0, 0.1) is 17.9 Å². The summed E-state index contributed by atoms with van der Waals surface area (Å²) in [6.45, 7) is 7.89. The quantitative estimate of drug-likeness (QED) is 0.248. The van der Waals surface area contributed by atoms with E-state index in [4.69, 9.17) is 23.7 Å².